The lowest BCUT2D eigenvalue weighted by Gasteiger charge is -2.39. The van der Waals surface area contributed by atoms with Crippen LogP contribution < -0.4 is 10.2 Å². The van der Waals surface area contributed by atoms with E-state index in [1.807, 2.05) is 43.3 Å². The van der Waals surface area contributed by atoms with Crippen LogP contribution in [0, 0.1) is 13.5 Å². The molecule has 1 unspecified atom stereocenters. The summed E-state index contributed by atoms with van der Waals surface area (Å²) >= 11 is 6.28. The largest absolute Gasteiger partial charge is 0.394 e. The third-order valence-electron chi connectivity index (χ3n) is 7.09. The molecule has 0 saturated carbocycles. The number of rotatable bonds is 5. The molecule has 3 aromatic rings. The van der Waals surface area contributed by atoms with E-state index in [4.69, 9.17) is 22.9 Å². The monoisotopic (exact) mass is 477 g/mol. The minimum atomic E-state index is -0.124. The summed E-state index contributed by atoms with van der Waals surface area (Å²) in [6.07, 6.45) is 3.69. The predicted octanol–water partition coefficient (Wildman–Crippen LogP) is 5.26. The summed E-state index contributed by atoms with van der Waals surface area (Å²) in [5, 5.41) is 24.6. The fourth-order valence-electron chi connectivity index (χ4n) is 5.01. The van der Waals surface area contributed by atoms with Gasteiger partial charge in [0.25, 0.3) is 0 Å². The normalized spacial score (nSPS) is 19.5. The molecule has 1 aromatic heterocycles. The summed E-state index contributed by atoms with van der Waals surface area (Å²) in [5.74, 6) is 1.49. The molecule has 1 atom stereocenters. The van der Waals surface area contributed by atoms with Crippen molar-refractivity contribution in [1.29, 1.82) is 0 Å². The number of benzene rings is 2. The molecule has 0 aliphatic carbocycles. The second kappa shape index (κ2) is 9.38. The van der Waals surface area contributed by atoms with E-state index in [0.29, 0.717) is 18.1 Å². The average Bonchev–Trinajstić information content (AvgIpc) is 3.27. The van der Waals surface area contributed by atoms with Crippen molar-refractivity contribution in [1.82, 2.24) is 10.2 Å². The maximum atomic E-state index is 9.45. The zero-order valence-corrected chi connectivity index (χ0v) is 20.0. The molecule has 2 aromatic carbocycles. The first kappa shape index (κ1) is 22.9. The smallest absolute Gasteiger partial charge is 0.188 e. The number of piperidine rings is 1. The van der Waals surface area contributed by atoms with E-state index >= 15 is 0 Å². The Kier molecular flexibility index (Phi) is 6.30. The van der Waals surface area contributed by atoms with Crippen molar-refractivity contribution in [3.05, 3.63) is 64.0 Å². The zero-order chi connectivity index (χ0) is 23.7. The minimum Gasteiger partial charge on any atom is -0.394 e. The van der Waals surface area contributed by atoms with Gasteiger partial charge in [0.15, 0.2) is 17.3 Å². The Morgan fingerprint density at radius 1 is 1.18 bits per heavy atom. The number of aryl methyl sites for hydroxylation is 1. The van der Waals surface area contributed by atoms with Crippen LogP contribution in [0.5, 0.6) is 0 Å². The molecule has 3 heterocycles. The van der Waals surface area contributed by atoms with Crippen molar-refractivity contribution in [2.45, 2.75) is 50.9 Å². The lowest BCUT2D eigenvalue weighted by atomic mass is 9.88. The Labute approximate surface area is 204 Å². The van der Waals surface area contributed by atoms with Gasteiger partial charge in [-0.3, -0.25) is 0 Å². The number of anilines is 2. The highest BCUT2D eigenvalue weighted by Gasteiger charge is 2.42. The van der Waals surface area contributed by atoms with Gasteiger partial charge < -0.3 is 20.1 Å². The van der Waals surface area contributed by atoms with Gasteiger partial charge in [-0.1, -0.05) is 35.9 Å². The van der Waals surface area contributed by atoms with Crippen LogP contribution in [0.25, 0.3) is 15.6 Å². The van der Waals surface area contributed by atoms with Crippen molar-refractivity contribution < 1.29 is 9.84 Å². The minimum absolute atomic E-state index is 0.0343. The number of aromatic nitrogens is 2. The van der Waals surface area contributed by atoms with Gasteiger partial charge in [-0.25, -0.2) is 4.85 Å². The number of hydrogen-bond donors (Lipinski definition) is 2. The maximum absolute atomic E-state index is 9.45. The Hall–Kier alpha value is -2.92. The Morgan fingerprint density at radius 3 is 2.71 bits per heavy atom. The molecule has 34 heavy (non-hydrogen) atoms. The zero-order valence-electron chi connectivity index (χ0n) is 19.2. The van der Waals surface area contributed by atoms with Crippen molar-refractivity contribution >= 4 is 39.7 Å². The van der Waals surface area contributed by atoms with Gasteiger partial charge in [-0.15, -0.1) is 10.2 Å². The fraction of sp³-hybridized carbons (Fsp3) is 0.423. The highest BCUT2D eigenvalue weighted by atomic mass is 35.5. The van der Waals surface area contributed by atoms with Gasteiger partial charge in [0.1, 0.15) is 0 Å². The Morgan fingerprint density at radius 2 is 2.00 bits per heavy atom. The third-order valence-corrected chi connectivity index (χ3v) is 7.49. The number of nitrogens with zero attached hydrogens (tertiary/aromatic N) is 4. The molecule has 2 aliphatic rings. The Bertz CT molecular complexity index is 1250. The van der Waals surface area contributed by atoms with Gasteiger partial charge in [-0.2, -0.15) is 0 Å². The first-order valence-electron chi connectivity index (χ1n) is 11.7. The van der Waals surface area contributed by atoms with Crippen LogP contribution in [0.4, 0.5) is 17.3 Å². The first-order chi connectivity index (χ1) is 16.5. The van der Waals surface area contributed by atoms with Gasteiger partial charge >= 0.3 is 0 Å². The topological polar surface area (TPSA) is 74.9 Å². The molecule has 0 radical (unpaired) electrons. The average molecular weight is 478 g/mol. The summed E-state index contributed by atoms with van der Waals surface area (Å²) in [4.78, 5) is 5.87. The molecular weight excluding hydrogens is 450 g/mol. The summed E-state index contributed by atoms with van der Waals surface area (Å²) in [6, 6.07) is 11.7. The van der Waals surface area contributed by atoms with Gasteiger partial charge in [0, 0.05) is 35.4 Å². The van der Waals surface area contributed by atoms with Crippen LogP contribution in [0.3, 0.4) is 0 Å². The number of fused-ring (bicyclic) bond motifs is 1. The number of halogens is 1. The number of aliphatic hydroxyl groups is 1. The van der Waals surface area contributed by atoms with Crippen molar-refractivity contribution in [3.8, 4) is 0 Å². The van der Waals surface area contributed by atoms with E-state index in [0.717, 1.165) is 71.5 Å². The second-order valence-electron chi connectivity index (χ2n) is 9.28. The second-order valence-corrected chi connectivity index (χ2v) is 9.69. The maximum Gasteiger partial charge on any atom is 0.188 e. The number of ether oxygens (including phenoxy) is 1. The van der Waals surface area contributed by atoms with E-state index in [9.17, 15) is 5.11 Å². The van der Waals surface area contributed by atoms with Crippen LogP contribution in [-0.2, 0) is 11.3 Å². The van der Waals surface area contributed by atoms with E-state index in [-0.39, 0.29) is 18.3 Å². The molecule has 176 valence electrons. The molecule has 7 nitrogen and oxygen atoms in total. The van der Waals surface area contributed by atoms with Crippen LogP contribution in [0.1, 0.15) is 36.8 Å². The van der Waals surface area contributed by atoms with Gasteiger partial charge in [0.2, 0.25) is 0 Å². The lowest BCUT2D eigenvalue weighted by Crippen LogP contribution is -2.45. The van der Waals surface area contributed by atoms with Crippen molar-refractivity contribution in [2.75, 3.05) is 29.9 Å². The van der Waals surface area contributed by atoms with Crippen molar-refractivity contribution in [3.63, 3.8) is 0 Å². The quantitative estimate of drug-likeness (QED) is 0.488. The fourth-order valence-corrected chi connectivity index (χ4v) is 5.22. The summed E-state index contributed by atoms with van der Waals surface area (Å²) in [7, 11) is 0. The third kappa shape index (κ3) is 4.41. The number of nitrogens with one attached hydrogen (secondary N) is 1. The lowest BCUT2D eigenvalue weighted by molar-refractivity contribution is -0.0713. The van der Waals surface area contributed by atoms with E-state index in [1.54, 1.807) is 0 Å². The highest BCUT2D eigenvalue weighted by Crippen LogP contribution is 2.41. The molecule has 2 saturated heterocycles. The van der Waals surface area contributed by atoms with E-state index in [1.165, 1.54) is 0 Å². The molecule has 1 spiro atoms. The SMILES string of the molecule is [C-]#[N+]c1ccc2c(N3CCC4(CCC(CO)O4)CC3)nnc(NCc3ccc(C)c(Cl)c3)c2c1. The van der Waals surface area contributed by atoms with Gasteiger partial charge in [0.05, 0.1) is 24.9 Å². The molecule has 2 N–H and O–H groups in total. The molecule has 0 amide bonds. The molecule has 2 aliphatic heterocycles. The molecule has 5 rings (SSSR count). The molecule has 0 bridgehead atoms. The van der Waals surface area contributed by atoms with Crippen LogP contribution in [0.2, 0.25) is 5.02 Å². The molecule has 8 heteroatoms. The number of aliphatic hydroxyl groups excluding tert-OH is 1. The summed E-state index contributed by atoms with van der Waals surface area (Å²) < 4.78 is 6.18. The molecular formula is C26H28ClN5O2. The van der Waals surface area contributed by atoms with Crippen molar-refractivity contribution in [2.24, 2.45) is 0 Å². The first-order valence-corrected chi connectivity index (χ1v) is 12.1. The summed E-state index contributed by atoms with van der Waals surface area (Å²) in [5.41, 5.74) is 2.54. The standard InChI is InChI=1S/C26H28ClN5O2/c1-17-3-4-18(13-23(17)27)15-29-24-22-14-19(28-2)5-6-21(22)25(31-30-24)32-11-9-26(10-12-32)8-7-20(16-33)34-26/h3-6,13-14,20,33H,7-12,15-16H2,1H3,(H,29,30). The predicted molar refractivity (Wildman–Crippen MR) is 135 cm³/mol. The molecule has 2 fully saturated rings. The van der Waals surface area contributed by atoms with E-state index < -0.39 is 0 Å². The van der Waals surface area contributed by atoms with Crippen LogP contribution in [0.15, 0.2) is 36.4 Å². The van der Waals surface area contributed by atoms with Crippen LogP contribution in [-0.4, -0.2) is 46.7 Å². The highest BCUT2D eigenvalue weighted by molar-refractivity contribution is 6.31. The van der Waals surface area contributed by atoms with Crippen LogP contribution >= 0.6 is 11.6 Å². The number of hydrogen-bond acceptors (Lipinski definition) is 6. The van der Waals surface area contributed by atoms with E-state index in [2.05, 4.69) is 25.3 Å². The van der Waals surface area contributed by atoms with Gasteiger partial charge in [-0.05, 0) is 55.9 Å². The Balaban J connectivity index is 1.40. The summed E-state index contributed by atoms with van der Waals surface area (Å²) in [6.45, 7) is 11.7.